The Kier molecular flexibility index (Phi) is 4.17. The summed E-state index contributed by atoms with van der Waals surface area (Å²) in [7, 11) is -2.30. The minimum atomic E-state index is -3.84. The van der Waals surface area contributed by atoms with Crippen molar-refractivity contribution in [1.82, 2.24) is 4.72 Å². The van der Waals surface area contributed by atoms with Crippen molar-refractivity contribution in [2.75, 3.05) is 19.4 Å². The Hall–Kier alpha value is -1.71. The molecule has 1 aliphatic carbocycles. The van der Waals surface area contributed by atoms with Gasteiger partial charge in [-0.1, -0.05) is 0 Å². The second kappa shape index (κ2) is 5.58. The fourth-order valence-corrected chi connectivity index (χ4v) is 3.32. The minimum absolute atomic E-state index is 0.0775. The molecular formula is C12H17N3O5S. The molecule has 2 rings (SSSR count). The van der Waals surface area contributed by atoms with Crippen molar-refractivity contribution < 1.29 is 18.1 Å². The number of ether oxygens (including phenoxy) is 1. The van der Waals surface area contributed by atoms with E-state index in [-0.39, 0.29) is 17.1 Å². The lowest BCUT2D eigenvalue weighted by atomic mass is 9.80. The Bertz CT molecular complexity index is 649. The number of sulfonamides is 1. The number of nitrogens with zero attached hydrogens (tertiary/aromatic N) is 1. The third kappa shape index (κ3) is 3.14. The van der Waals surface area contributed by atoms with Crippen molar-refractivity contribution in [3.63, 3.8) is 0 Å². The Morgan fingerprint density at radius 3 is 2.62 bits per heavy atom. The summed E-state index contributed by atoms with van der Waals surface area (Å²) < 4.78 is 32.2. The monoisotopic (exact) mass is 315 g/mol. The van der Waals surface area contributed by atoms with Crippen LogP contribution in [0.25, 0.3) is 0 Å². The molecule has 21 heavy (non-hydrogen) atoms. The zero-order chi connectivity index (χ0) is 15.7. The standard InChI is InChI=1S/C12H17N3O5S/c1-20-12(5-2-6-12)8-14-21(18,19)9-3-4-10(13)11(7-9)15(16)17/h3-4,7,14H,2,5-6,8,13H2,1H3. The molecule has 8 nitrogen and oxygen atoms in total. The zero-order valence-corrected chi connectivity index (χ0v) is 12.4. The van der Waals surface area contributed by atoms with Crippen LogP contribution in [0.5, 0.6) is 0 Å². The van der Waals surface area contributed by atoms with Crippen molar-refractivity contribution in [3.05, 3.63) is 28.3 Å². The first-order chi connectivity index (χ1) is 9.80. The smallest absolute Gasteiger partial charge is 0.293 e. The third-order valence-corrected chi connectivity index (χ3v) is 5.19. The maximum absolute atomic E-state index is 12.2. The van der Waals surface area contributed by atoms with Crippen molar-refractivity contribution in [3.8, 4) is 0 Å². The van der Waals surface area contributed by atoms with E-state index in [0.29, 0.717) is 0 Å². The number of benzene rings is 1. The predicted molar refractivity (Wildman–Crippen MR) is 76.3 cm³/mol. The van der Waals surface area contributed by atoms with Crippen LogP contribution in [0.2, 0.25) is 0 Å². The first kappa shape index (κ1) is 15.7. The second-order valence-electron chi connectivity index (χ2n) is 5.04. The molecule has 3 N–H and O–H groups in total. The van der Waals surface area contributed by atoms with Crippen LogP contribution in [0.4, 0.5) is 11.4 Å². The molecule has 1 saturated carbocycles. The summed E-state index contributed by atoms with van der Waals surface area (Å²) in [4.78, 5) is 9.91. The van der Waals surface area contributed by atoms with Gasteiger partial charge in [-0.3, -0.25) is 10.1 Å². The molecule has 0 amide bonds. The van der Waals surface area contributed by atoms with Crippen LogP contribution in [0.3, 0.4) is 0 Å². The number of nitrogen functional groups attached to an aromatic ring is 1. The highest BCUT2D eigenvalue weighted by molar-refractivity contribution is 7.89. The molecule has 0 aliphatic heterocycles. The Labute approximate surface area is 122 Å². The molecule has 9 heteroatoms. The molecule has 0 heterocycles. The molecule has 0 radical (unpaired) electrons. The molecule has 1 aromatic carbocycles. The SMILES string of the molecule is COC1(CNS(=O)(=O)c2ccc(N)c([N+](=O)[O-])c2)CCC1. The lowest BCUT2D eigenvalue weighted by Gasteiger charge is -2.40. The summed E-state index contributed by atoms with van der Waals surface area (Å²) in [5, 5.41) is 10.8. The first-order valence-electron chi connectivity index (χ1n) is 6.38. The second-order valence-corrected chi connectivity index (χ2v) is 6.81. The number of anilines is 1. The van der Waals surface area contributed by atoms with Crippen LogP contribution >= 0.6 is 0 Å². The highest BCUT2D eigenvalue weighted by Gasteiger charge is 2.38. The molecule has 1 fully saturated rings. The molecular weight excluding hydrogens is 298 g/mol. The van der Waals surface area contributed by atoms with Gasteiger partial charge >= 0.3 is 0 Å². The van der Waals surface area contributed by atoms with Crippen LogP contribution in [-0.2, 0) is 14.8 Å². The molecule has 1 aromatic rings. The quantitative estimate of drug-likeness (QED) is 0.459. The van der Waals surface area contributed by atoms with E-state index < -0.39 is 26.2 Å². The number of hydrogen-bond donors (Lipinski definition) is 2. The summed E-state index contributed by atoms with van der Waals surface area (Å²) in [6.45, 7) is 0.143. The number of nitrogens with one attached hydrogen (secondary N) is 1. The van der Waals surface area contributed by atoms with E-state index in [0.717, 1.165) is 25.3 Å². The van der Waals surface area contributed by atoms with E-state index in [1.165, 1.54) is 12.1 Å². The normalized spacial score (nSPS) is 17.2. The number of nitro benzene ring substituents is 1. The number of nitrogens with two attached hydrogens (primary N) is 1. The van der Waals surface area contributed by atoms with E-state index in [1.54, 1.807) is 7.11 Å². The summed E-state index contributed by atoms with van der Waals surface area (Å²) in [6, 6.07) is 3.41. The summed E-state index contributed by atoms with van der Waals surface area (Å²) in [6.07, 6.45) is 2.56. The minimum Gasteiger partial charge on any atom is -0.393 e. The number of nitro groups is 1. The van der Waals surface area contributed by atoms with Crippen LogP contribution in [-0.4, -0.2) is 32.6 Å². The van der Waals surface area contributed by atoms with Crippen molar-refractivity contribution in [2.24, 2.45) is 0 Å². The third-order valence-electron chi connectivity index (χ3n) is 3.79. The number of methoxy groups -OCH3 is 1. The van der Waals surface area contributed by atoms with Gasteiger partial charge in [0.05, 0.1) is 15.4 Å². The molecule has 1 aliphatic rings. The van der Waals surface area contributed by atoms with Gasteiger partial charge in [-0.2, -0.15) is 0 Å². The van der Waals surface area contributed by atoms with Gasteiger partial charge in [-0.05, 0) is 31.4 Å². The van der Waals surface area contributed by atoms with Gasteiger partial charge in [-0.25, -0.2) is 13.1 Å². The topological polar surface area (TPSA) is 125 Å². The van der Waals surface area contributed by atoms with Gasteiger partial charge in [-0.15, -0.1) is 0 Å². The van der Waals surface area contributed by atoms with Gasteiger partial charge in [0.1, 0.15) is 5.69 Å². The molecule has 0 spiro atoms. The Morgan fingerprint density at radius 2 is 2.14 bits per heavy atom. The maximum atomic E-state index is 12.2. The molecule has 0 aromatic heterocycles. The van der Waals surface area contributed by atoms with Gasteiger partial charge in [0, 0.05) is 19.7 Å². The Balaban J connectivity index is 2.20. The van der Waals surface area contributed by atoms with Crippen molar-refractivity contribution >= 4 is 21.4 Å². The largest absolute Gasteiger partial charge is 0.393 e. The molecule has 0 saturated heterocycles. The zero-order valence-electron chi connectivity index (χ0n) is 11.5. The maximum Gasteiger partial charge on any atom is 0.293 e. The number of hydrogen-bond acceptors (Lipinski definition) is 6. The summed E-state index contributed by atoms with van der Waals surface area (Å²) in [5.41, 5.74) is 4.48. The summed E-state index contributed by atoms with van der Waals surface area (Å²) in [5.74, 6) is 0. The molecule has 116 valence electrons. The van der Waals surface area contributed by atoms with E-state index in [1.807, 2.05) is 0 Å². The first-order valence-corrected chi connectivity index (χ1v) is 7.87. The molecule has 0 unspecified atom stereocenters. The fourth-order valence-electron chi connectivity index (χ4n) is 2.18. The Morgan fingerprint density at radius 1 is 1.48 bits per heavy atom. The van der Waals surface area contributed by atoms with E-state index >= 15 is 0 Å². The predicted octanol–water partition coefficient (Wildman–Crippen LogP) is 1.02. The van der Waals surface area contributed by atoms with E-state index in [2.05, 4.69) is 4.72 Å². The fraction of sp³-hybridized carbons (Fsp3) is 0.500. The lowest BCUT2D eigenvalue weighted by Crippen LogP contribution is -2.49. The van der Waals surface area contributed by atoms with Crippen LogP contribution < -0.4 is 10.5 Å². The summed E-state index contributed by atoms with van der Waals surface area (Å²) >= 11 is 0. The van der Waals surface area contributed by atoms with Crippen LogP contribution in [0, 0.1) is 10.1 Å². The van der Waals surface area contributed by atoms with Crippen molar-refractivity contribution in [2.45, 2.75) is 29.8 Å². The van der Waals surface area contributed by atoms with E-state index in [9.17, 15) is 18.5 Å². The number of rotatable bonds is 6. The molecule has 0 atom stereocenters. The average molecular weight is 315 g/mol. The highest BCUT2D eigenvalue weighted by Crippen LogP contribution is 2.34. The van der Waals surface area contributed by atoms with Crippen LogP contribution in [0.15, 0.2) is 23.1 Å². The van der Waals surface area contributed by atoms with Gasteiger partial charge in [0.2, 0.25) is 10.0 Å². The van der Waals surface area contributed by atoms with Gasteiger partial charge in [0.25, 0.3) is 5.69 Å². The highest BCUT2D eigenvalue weighted by atomic mass is 32.2. The average Bonchev–Trinajstić information content (AvgIpc) is 2.37. The van der Waals surface area contributed by atoms with Crippen LogP contribution in [0.1, 0.15) is 19.3 Å². The van der Waals surface area contributed by atoms with Crippen molar-refractivity contribution in [1.29, 1.82) is 0 Å². The van der Waals surface area contributed by atoms with Gasteiger partial charge in [0.15, 0.2) is 0 Å². The molecule has 0 bridgehead atoms. The lowest BCUT2D eigenvalue weighted by molar-refractivity contribution is -0.384. The van der Waals surface area contributed by atoms with E-state index in [4.69, 9.17) is 10.5 Å². The van der Waals surface area contributed by atoms with Gasteiger partial charge < -0.3 is 10.5 Å².